The molecule has 1 fully saturated rings. The molecule has 24 heavy (non-hydrogen) atoms. The summed E-state index contributed by atoms with van der Waals surface area (Å²) < 4.78 is 4.99. The third-order valence-corrected chi connectivity index (χ3v) is 4.02. The fourth-order valence-corrected chi connectivity index (χ4v) is 2.78. The van der Waals surface area contributed by atoms with Gasteiger partial charge < -0.3 is 9.84 Å². The molecule has 0 spiro atoms. The number of aromatic nitrogens is 1. The number of benzene rings is 1. The van der Waals surface area contributed by atoms with E-state index in [0.717, 1.165) is 5.56 Å². The molecule has 1 aromatic carbocycles. The first kappa shape index (κ1) is 15.9. The van der Waals surface area contributed by atoms with Crippen LogP contribution in [0.2, 0.25) is 0 Å². The zero-order valence-electron chi connectivity index (χ0n) is 13.4. The van der Waals surface area contributed by atoms with Gasteiger partial charge in [0.15, 0.2) is 0 Å². The van der Waals surface area contributed by atoms with Crippen molar-refractivity contribution in [1.29, 1.82) is 0 Å². The molecule has 7 heteroatoms. The molecule has 1 aliphatic rings. The fraction of sp³-hybridized carbons (Fsp3) is 0.294. The molecule has 1 aliphatic heterocycles. The van der Waals surface area contributed by atoms with E-state index < -0.39 is 0 Å². The van der Waals surface area contributed by atoms with Gasteiger partial charge in [0.1, 0.15) is 11.3 Å². The highest BCUT2D eigenvalue weighted by Gasteiger charge is 2.30. The highest BCUT2D eigenvalue weighted by Crippen LogP contribution is 2.20. The van der Waals surface area contributed by atoms with Gasteiger partial charge in [-0.3, -0.25) is 19.7 Å². The quantitative estimate of drug-likeness (QED) is 0.833. The van der Waals surface area contributed by atoms with Crippen LogP contribution in [0.15, 0.2) is 28.8 Å². The van der Waals surface area contributed by atoms with Crippen molar-refractivity contribution < 1.29 is 18.9 Å². The van der Waals surface area contributed by atoms with E-state index in [1.165, 1.54) is 0 Å². The number of rotatable bonds is 4. The Kier molecular flexibility index (Phi) is 4.16. The van der Waals surface area contributed by atoms with Crippen LogP contribution in [0.5, 0.6) is 0 Å². The summed E-state index contributed by atoms with van der Waals surface area (Å²) in [6.45, 7) is 3.40. The molecule has 1 saturated heterocycles. The van der Waals surface area contributed by atoms with Gasteiger partial charge in [0.2, 0.25) is 11.8 Å². The Balaban J connectivity index is 1.66. The summed E-state index contributed by atoms with van der Waals surface area (Å²) in [4.78, 5) is 35.1. The van der Waals surface area contributed by atoms with E-state index in [4.69, 9.17) is 4.52 Å². The van der Waals surface area contributed by atoms with Gasteiger partial charge in [0.05, 0.1) is 11.6 Å². The largest absolute Gasteiger partial charge is 0.361 e. The van der Waals surface area contributed by atoms with Crippen molar-refractivity contribution >= 4 is 23.4 Å². The van der Waals surface area contributed by atoms with Crippen LogP contribution >= 0.6 is 0 Å². The van der Waals surface area contributed by atoms with Crippen molar-refractivity contribution in [3.63, 3.8) is 0 Å². The van der Waals surface area contributed by atoms with Crippen molar-refractivity contribution in [2.45, 2.75) is 26.7 Å². The highest BCUT2D eigenvalue weighted by molar-refractivity contribution is 6.05. The number of nitrogens with zero attached hydrogens (tertiary/aromatic N) is 1. The summed E-state index contributed by atoms with van der Waals surface area (Å²) in [6.07, 6.45) is 0.721. The SMILES string of the molecule is Cc1noc(C)c1C(=O)Nc1ccc(C[C@H]2CC(=O)NC2=O)cc1. The minimum Gasteiger partial charge on any atom is -0.361 e. The smallest absolute Gasteiger partial charge is 0.261 e. The standard InChI is InChI=1S/C17H17N3O4/c1-9-15(10(2)24-20-9)17(23)18-13-5-3-11(4-6-13)7-12-8-14(21)19-16(12)22/h3-6,12H,7-8H2,1-2H3,(H,18,23)(H,19,21,22)/t12-/m0/s1. The number of hydrogen-bond donors (Lipinski definition) is 2. The first-order valence-electron chi connectivity index (χ1n) is 7.61. The predicted octanol–water partition coefficient (Wildman–Crippen LogP) is 1.75. The Labute approximate surface area is 138 Å². The summed E-state index contributed by atoms with van der Waals surface area (Å²) in [5, 5.41) is 8.85. The molecule has 0 saturated carbocycles. The van der Waals surface area contributed by atoms with Crippen LogP contribution in [0, 0.1) is 19.8 Å². The second kappa shape index (κ2) is 6.27. The number of anilines is 1. The van der Waals surface area contributed by atoms with E-state index in [2.05, 4.69) is 15.8 Å². The summed E-state index contributed by atoms with van der Waals surface area (Å²) in [5.41, 5.74) is 2.54. The van der Waals surface area contributed by atoms with E-state index in [9.17, 15) is 14.4 Å². The molecule has 1 aromatic heterocycles. The Morgan fingerprint density at radius 3 is 2.54 bits per heavy atom. The minimum atomic E-state index is -0.319. The molecular formula is C17H17N3O4. The van der Waals surface area contributed by atoms with E-state index >= 15 is 0 Å². The monoisotopic (exact) mass is 327 g/mol. The van der Waals surface area contributed by atoms with E-state index in [1.54, 1.807) is 26.0 Å². The maximum absolute atomic E-state index is 12.3. The van der Waals surface area contributed by atoms with Crippen LogP contribution in [0.3, 0.4) is 0 Å². The number of carbonyl (C=O) groups is 3. The Bertz CT molecular complexity index is 788. The molecule has 0 unspecified atom stereocenters. The van der Waals surface area contributed by atoms with Crippen LogP contribution in [0.25, 0.3) is 0 Å². The second-order valence-electron chi connectivity index (χ2n) is 5.87. The van der Waals surface area contributed by atoms with E-state index in [1.807, 2.05) is 12.1 Å². The van der Waals surface area contributed by atoms with Gasteiger partial charge >= 0.3 is 0 Å². The maximum atomic E-state index is 12.3. The molecule has 2 heterocycles. The molecule has 1 atom stereocenters. The number of carbonyl (C=O) groups excluding carboxylic acids is 3. The summed E-state index contributed by atoms with van der Waals surface area (Å²) in [6, 6.07) is 7.19. The topological polar surface area (TPSA) is 101 Å². The first-order valence-corrected chi connectivity index (χ1v) is 7.61. The van der Waals surface area contributed by atoms with E-state index in [-0.39, 0.29) is 30.1 Å². The summed E-state index contributed by atoms with van der Waals surface area (Å²) >= 11 is 0. The fourth-order valence-electron chi connectivity index (χ4n) is 2.78. The molecule has 3 amide bonds. The lowest BCUT2D eigenvalue weighted by atomic mass is 9.98. The van der Waals surface area contributed by atoms with Gasteiger partial charge in [-0.05, 0) is 38.0 Å². The van der Waals surface area contributed by atoms with Gasteiger partial charge in [-0.15, -0.1) is 0 Å². The van der Waals surface area contributed by atoms with Crippen LogP contribution in [-0.2, 0) is 16.0 Å². The van der Waals surface area contributed by atoms with Gasteiger partial charge in [0, 0.05) is 12.1 Å². The molecule has 3 rings (SSSR count). The maximum Gasteiger partial charge on any atom is 0.261 e. The van der Waals surface area contributed by atoms with Gasteiger partial charge in [-0.1, -0.05) is 17.3 Å². The summed E-state index contributed by atoms with van der Waals surface area (Å²) in [7, 11) is 0. The number of imide groups is 1. The van der Waals surface area contributed by atoms with Crippen molar-refractivity contribution in [1.82, 2.24) is 10.5 Å². The molecule has 2 N–H and O–H groups in total. The third-order valence-electron chi connectivity index (χ3n) is 4.02. The molecule has 0 aliphatic carbocycles. The van der Waals surface area contributed by atoms with Crippen molar-refractivity contribution in [2.75, 3.05) is 5.32 Å². The Morgan fingerprint density at radius 2 is 2.00 bits per heavy atom. The lowest BCUT2D eigenvalue weighted by molar-refractivity contribution is -0.125. The van der Waals surface area contributed by atoms with Gasteiger partial charge in [-0.2, -0.15) is 0 Å². The van der Waals surface area contributed by atoms with Crippen molar-refractivity contribution in [3.8, 4) is 0 Å². The number of aryl methyl sites for hydroxylation is 2. The van der Waals surface area contributed by atoms with Crippen LogP contribution < -0.4 is 10.6 Å². The molecule has 2 aromatic rings. The van der Waals surface area contributed by atoms with Crippen molar-refractivity contribution in [2.24, 2.45) is 5.92 Å². The van der Waals surface area contributed by atoms with E-state index in [0.29, 0.717) is 29.1 Å². The van der Waals surface area contributed by atoms with Gasteiger partial charge in [0.25, 0.3) is 5.91 Å². The Hall–Kier alpha value is -2.96. The molecule has 124 valence electrons. The second-order valence-corrected chi connectivity index (χ2v) is 5.87. The first-order chi connectivity index (χ1) is 11.4. The lowest BCUT2D eigenvalue weighted by Crippen LogP contribution is -2.22. The van der Waals surface area contributed by atoms with Crippen LogP contribution in [-0.4, -0.2) is 22.9 Å². The molecule has 7 nitrogen and oxygen atoms in total. The third kappa shape index (κ3) is 3.19. The molecule has 0 bridgehead atoms. The predicted molar refractivity (Wildman–Crippen MR) is 85.3 cm³/mol. The normalized spacial score (nSPS) is 17.0. The zero-order chi connectivity index (χ0) is 17.3. The zero-order valence-corrected chi connectivity index (χ0v) is 13.4. The summed E-state index contributed by atoms with van der Waals surface area (Å²) in [5.74, 6) is -0.581. The lowest BCUT2D eigenvalue weighted by Gasteiger charge is -2.08. The number of nitrogens with one attached hydrogen (secondary N) is 2. The average molecular weight is 327 g/mol. The Morgan fingerprint density at radius 1 is 1.29 bits per heavy atom. The highest BCUT2D eigenvalue weighted by atomic mass is 16.5. The molecule has 0 radical (unpaired) electrons. The number of amides is 3. The molecular weight excluding hydrogens is 310 g/mol. The average Bonchev–Trinajstić information content (AvgIpc) is 3.02. The van der Waals surface area contributed by atoms with Gasteiger partial charge in [-0.25, -0.2) is 0 Å². The minimum absolute atomic E-state index is 0.226. The van der Waals surface area contributed by atoms with Crippen LogP contribution in [0.1, 0.15) is 33.8 Å². The van der Waals surface area contributed by atoms with Crippen LogP contribution in [0.4, 0.5) is 5.69 Å². The number of hydrogen-bond acceptors (Lipinski definition) is 5. The van der Waals surface area contributed by atoms with Crippen molar-refractivity contribution in [3.05, 3.63) is 46.8 Å².